The minimum absolute atomic E-state index is 0.0373. The Labute approximate surface area is 114 Å². The van der Waals surface area contributed by atoms with Crippen molar-refractivity contribution in [3.05, 3.63) is 29.9 Å². The van der Waals surface area contributed by atoms with Gasteiger partial charge in [-0.05, 0) is 12.8 Å². The zero-order chi connectivity index (χ0) is 13.4. The molecular formula is C13H14N4OS. The van der Waals surface area contributed by atoms with Crippen molar-refractivity contribution >= 4 is 33.3 Å². The highest BCUT2D eigenvalue weighted by molar-refractivity contribution is 7.21. The number of rotatable bonds is 4. The van der Waals surface area contributed by atoms with Crippen molar-refractivity contribution in [3.8, 4) is 0 Å². The highest BCUT2D eigenvalue weighted by atomic mass is 32.1. The summed E-state index contributed by atoms with van der Waals surface area (Å²) >= 11 is 1.31. The van der Waals surface area contributed by atoms with Crippen molar-refractivity contribution in [2.24, 2.45) is 0 Å². The molecule has 0 aliphatic heterocycles. The Bertz CT molecular complexity index is 647. The molecule has 2 N–H and O–H groups in total. The van der Waals surface area contributed by atoms with Gasteiger partial charge in [-0.1, -0.05) is 6.08 Å². The molecule has 3 rings (SSSR count). The van der Waals surface area contributed by atoms with E-state index in [-0.39, 0.29) is 5.91 Å². The van der Waals surface area contributed by atoms with E-state index in [4.69, 9.17) is 5.73 Å². The first-order valence-corrected chi connectivity index (χ1v) is 6.95. The molecule has 1 amide bonds. The third-order valence-electron chi connectivity index (χ3n) is 3.13. The molecule has 0 unspecified atom stereocenters. The number of thiophene rings is 1. The van der Waals surface area contributed by atoms with Crippen LogP contribution in [0.5, 0.6) is 0 Å². The molecule has 98 valence electrons. The molecule has 0 bridgehead atoms. The minimum atomic E-state index is -0.0373. The smallest absolute Gasteiger partial charge is 0.266 e. The van der Waals surface area contributed by atoms with Crippen molar-refractivity contribution in [2.75, 3.05) is 12.3 Å². The number of hydrogen-bond acceptors (Lipinski definition) is 5. The number of amides is 1. The fourth-order valence-electron chi connectivity index (χ4n) is 2.06. The van der Waals surface area contributed by atoms with E-state index in [0.29, 0.717) is 33.5 Å². The number of nitrogen functional groups attached to an aromatic ring is 1. The first-order chi connectivity index (χ1) is 9.22. The van der Waals surface area contributed by atoms with Crippen molar-refractivity contribution in [1.82, 2.24) is 14.9 Å². The summed E-state index contributed by atoms with van der Waals surface area (Å²) < 4.78 is 0. The molecule has 0 aromatic carbocycles. The van der Waals surface area contributed by atoms with Gasteiger partial charge in [0.2, 0.25) is 0 Å². The summed E-state index contributed by atoms with van der Waals surface area (Å²) in [6.07, 6.45) is 7.05. The number of aromatic nitrogens is 2. The van der Waals surface area contributed by atoms with Crippen LogP contribution in [-0.4, -0.2) is 33.4 Å². The maximum atomic E-state index is 12.6. The topological polar surface area (TPSA) is 72.1 Å². The Balaban J connectivity index is 2.00. The van der Waals surface area contributed by atoms with Crippen LogP contribution in [0.15, 0.2) is 25.0 Å². The molecule has 1 aliphatic carbocycles. The van der Waals surface area contributed by atoms with E-state index in [9.17, 15) is 4.79 Å². The van der Waals surface area contributed by atoms with Gasteiger partial charge in [0.1, 0.15) is 15.2 Å². The minimum Gasteiger partial charge on any atom is -0.396 e. The van der Waals surface area contributed by atoms with Crippen LogP contribution >= 0.6 is 11.3 Å². The molecule has 2 aromatic rings. The van der Waals surface area contributed by atoms with Crippen LogP contribution in [0.4, 0.5) is 5.69 Å². The zero-order valence-electron chi connectivity index (χ0n) is 10.4. The third-order valence-corrected chi connectivity index (χ3v) is 4.22. The number of anilines is 1. The Morgan fingerprint density at radius 1 is 1.53 bits per heavy atom. The fraction of sp³-hybridized carbons (Fsp3) is 0.308. The number of nitrogens with two attached hydrogens (primary N) is 1. The Morgan fingerprint density at radius 3 is 2.89 bits per heavy atom. The highest BCUT2D eigenvalue weighted by Gasteiger charge is 2.34. The first kappa shape index (κ1) is 12.1. The molecule has 1 saturated carbocycles. The van der Waals surface area contributed by atoms with Crippen LogP contribution in [0.3, 0.4) is 0 Å². The molecular weight excluding hydrogens is 260 g/mol. The second-order valence-electron chi connectivity index (χ2n) is 4.53. The summed E-state index contributed by atoms with van der Waals surface area (Å²) in [7, 11) is 0. The summed E-state index contributed by atoms with van der Waals surface area (Å²) in [6.45, 7) is 4.26. The number of fused-ring (bicyclic) bond motifs is 1. The van der Waals surface area contributed by atoms with Gasteiger partial charge in [0.05, 0.1) is 5.69 Å². The lowest BCUT2D eigenvalue weighted by atomic mass is 10.3. The summed E-state index contributed by atoms with van der Waals surface area (Å²) in [5, 5.41) is 0. The molecule has 0 saturated heterocycles. The lowest BCUT2D eigenvalue weighted by Crippen LogP contribution is -2.33. The molecule has 0 spiro atoms. The van der Waals surface area contributed by atoms with Gasteiger partial charge in [-0.2, -0.15) is 0 Å². The largest absolute Gasteiger partial charge is 0.396 e. The maximum Gasteiger partial charge on any atom is 0.266 e. The Kier molecular flexibility index (Phi) is 2.94. The summed E-state index contributed by atoms with van der Waals surface area (Å²) in [5.41, 5.74) is 7.08. The monoisotopic (exact) mass is 274 g/mol. The number of nitrogens with zero attached hydrogens (tertiary/aromatic N) is 3. The summed E-state index contributed by atoms with van der Waals surface area (Å²) in [6, 6.07) is 0.330. The Morgan fingerprint density at radius 2 is 2.26 bits per heavy atom. The number of carbonyl (C=O) groups excluding carboxylic acids is 1. The van der Waals surface area contributed by atoms with Gasteiger partial charge in [0, 0.05) is 25.0 Å². The van der Waals surface area contributed by atoms with E-state index in [0.717, 1.165) is 12.8 Å². The predicted octanol–water partition coefficient (Wildman–Crippen LogP) is 2.06. The van der Waals surface area contributed by atoms with Crippen LogP contribution in [0, 0.1) is 0 Å². The molecule has 19 heavy (non-hydrogen) atoms. The van der Waals surface area contributed by atoms with E-state index in [2.05, 4.69) is 16.5 Å². The van der Waals surface area contributed by atoms with Gasteiger partial charge in [-0.3, -0.25) is 4.79 Å². The van der Waals surface area contributed by atoms with Crippen LogP contribution < -0.4 is 5.73 Å². The maximum absolute atomic E-state index is 12.6. The van der Waals surface area contributed by atoms with E-state index in [1.807, 2.05) is 4.90 Å². The predicted molar refractivity (Wildman–Crippen MR) is 76.1 cm³/mol. The van der Waals surface area contributed by atoms with Crippen molar-refractivity contribution in [3.63, 3.8) is 0 Å². The van der Waals surface area contributed by atoms with Crippen LogP contribution in [0.25, 0.3) is 10.3 Å². The van der Waals surface area contributed by atoms with Gasteiger partial charge in [-0.25, -0.2) is 9.97 Å². The molecule has 5 nitrogen and oxygen atoms in total. The molecule has 2 aromatic heterocycles. The van der Waals surface area contributed by atoms with Gasteiger partial charge >= 0.3 is 0 Å². The fourth-order valence-corrected chi connectivity index (χ4v) is 3.03. The van der Waals surface area contributed by atoms with Crippen LogP contribution in [0.2, 0.25) is 0 Å². The number of carbonyl (C=O) groups is 1. The van der Waals surface area contributed by atoms with E-state index in [1.54, 1.807) is 18.5 Å². The third kappa shape index (κ3) is 2.08. The normalized spacial score (nSPS) is 14.5. The average molecular weight is 274 g/mol. The van der Waals surface area contributed by atoms with Gasteiger partial charge in [-0.15, -0.1) is 17.9 Å². The lowest BCUT2D eigenvalue weighted by Gasteiger charge is -2.19. The number of hydrogen-bond donors (Lipinski definition) is 1. The van der Waals surface area contributed by atoms with E-state index < -0.39 is 0 Å². The SMILES string of the molecule is C=CCN(C(=O)c1sc2nccnc2c1N)C1CC1. The molecule has 1 fully saturated rings. The zero-order valence-corrected chi connectivity index (χ0v) is 11.2. The van der Waals surface area contributed by atoms with Gasteiger partial charge in [0.25, 0.3) is 5.91 Å². The molecule has 2 heterocycles. The Hall–Kier alpha value is -1.95. The second-order valence-corrected chi connectivity index (χ2v) is 5.53. The van der Waals surface area contributed by atoms with Crippen molar-refractivity contribution < 1.29 is 4.79 Å². The van der Waals surface area contributed by atoms with Crippen LogP contribution in [-0.2, 0) is 0 Å². The van der Waals surface area contributed by atoms with Gasteiger partial charge in [0.15, 0.2) is 0 Å². The van der Waals surface area contributed by atoms with E-state index in [1.165, 1.54) is 11.3 Å². The van der Waals surface area contributed by atoms with Gasteiger partial charge < -0.3 is 10.6 Å². The molecule has 6 heteroatoms. The van der Waals surface area contributed by atoms with Crippen molar-refractivity contribution in [2.45, 2.75) is 18.9 Å². The standard InChI is InChI=1S/C13H14N4OS/c1-2-7-17(8-3-4-8)13(18)11-9(14)10-12(19-11)16-6-5-15-10/h2,5-6,8H,1,3-4,7,14H2. The van der Waals surface area contributed by atoms with E-state index >= 15 is 0 Å². The second kappa shape index (κ2) is 4.62. The summed E-state index contributed by atoms with van der Waals surface area (Å²) in [4.78, 5) is 24.0. The average Bonchev–Trinajstić information content (AvgIpc) is 3.21. The first-order valence-electron chi connectivity index (χ1n) is 6.13. The highest BCUT2D eigenvalue weighted by Crippen LogP contribution is 2.34. The summed E-state index contributed by atoms with van der Waals surface area (Å²) in [5.74, 6) is -0.0373. The quantitative estimate of drug-likeness (QED) is 0.866. The molecule has 0 radical (unpaired) electrons. The molecule has 0 atom stereocenters. The van der Waals surface area contributed by atoms with Crippen LogP contribution in [0.1, 0.15) is 22.5 Å². The lowest BCUT2D eigenvalue weighted by molar-refractivity contribution is 0.0768. The van der Waals surface area contributed by atoms with Crippen molar-refractivity contribution in [1.29, 1.82) is 0 Å². The molecule has 1 aliphatic rings.